The number of carbonyl (C=O) groups is 3. The van der Waals surface area contributed by atoms with Gasteiger partial charge in [-0.15, -0.1) is 0 Å². The molecule has 4 aromatic rings. The molecule has 2 aliphatic heterocycles. The highest BCUT2D eigenvalue weighted by atomic mass is 16.5. The number of piperidine rings is 1. The van der Waals surface area contributed by atoms with Crippen LogP contribution >= 0.6 is 0 Å². The van der Waals surface area contributed by atoms with E-state index in [1.807, 2.05) is 55.6 Å². The Labute approximate surface area is 219 Å². The minimum atomic E-state index is -0.644. The number of aryl methyl sites for hydroxylation is 1. The van der Waals surface area contributed by atoms with Crippen LogP contribution in [-0.2, 0) is 29.8 Å². The Morgan fingerprint density at radius 1 is 0.974 bits per heavy atom. The molecule has 2 aromatic carbocycles. The molecule has 38 heavy (non-hydrogen) atoms. The monoisotopic (exact) mass is 507 g/mol. The molecule has 2 aromatic heterocycles. The summed E-state index contributed by atoms with van der Waals surface area (Å²) >= 11 is 0. The Balaban J connectivity index is 1.27. The van der Waals surface area contributed by atoms with E-state index in [4.69, 9.17) is 4.74 Å². The van der Waals surface area contributed by atoms with Crippen molar-refractivity contribution in [3.63, 3.8) is 0 Å². The van der Waals surface area contributed by atoms with Gasteiger partial charge in [-0.2, -0.15) is 5.10 Å². The molecule has 1 N–H and O–H groups in total. The summed E-state index contributed by atoms with van der Waals surface area (Å²) in [5.41, 5.74) is 6.00. The molecule has 0 unspecified atom stereocenters. The topological polar surface area (TPSA) is 106 Å². The summed E-state index contributed by atoms with van der Waals surface area (Å²) in [5.74, 6) is -0.261. The van der Waals surface area contributed by atoms with E-state index in [0.717, 1.165) is 33.5 Å². The number of fused-ring (bicyclic) bond motifs is 1. The molecule has 1 atom stereocenters. The van der Waals surface area contributed by atoms with Gasteiger partial charge in [0.2, 0.25) is 11.8 Å². The molecule has 2 aliphatic rings. The van der Waals surface area contributed by atoms with Gasteiger partial charge in [0, 0.05) is 42.9 Å². The zero-order chi connectivity index (χ0) is 26.2. The number of rotatable bonds is 6. The first-order valence-electron chi connectivity index (χ1n) is 12.4. The summed E-state index contributed by atoms with van der Waals surface area (Å²) in [6, 6.07) is 16.9. The molecule has 0 spiro atoms. The first kappa shape index (κ1) is 23.6. The molecular weight excluding hydrogens is 482 g/mol. The van der Waals surface area contributed by atoms with Crippen LogP contribution in [0.4, 0.5) is 0 Å². The van der Waals surface area contributed by atoms with Crippen LogP contribution in [0, 0.1) is 0 Å². The Morgan fingerprint density at radius 3 is 2.63 bits per heavy atom. The zero-order valence-electron chi connectivity index (χ0n) is 20.8. The van der Waals surface area contributed by atoms with Gasteiger partial charge >= 0.3 is 0 Å². The lowest BCUT2D eigenvalue weighted by Gasteiger charge is -2.29. The lowest BCUT2D eigenvalue weighted by Crippen LogP contribution is -2.52. The number of nitrogens with one attached hydrogen (secondary N) is 1. The molecule has 3 amide bonds. The van der Waals surface area contributed by atoms with Crippen molar-refractivity contribution in [2.24, 2.45) is 7.05 Å². The van der Waals surface area contributed by atoms with Crippen molar-refractivity contribution in [3.8, 4) is 28.1 Å². The maximum absolute atomic E-state index is 13.1. The molecule has 0 saturated carbocycles. The van der Waals surface area contributed by atoms with Crippen LogP contribution in [0.3, 0.4) is 0 Å². The molecule has 1 fully saturated rings. The van der Waals surface area contributed by atoms with Crippen LogP contribution in [0.1, 0.15) is 34.3 Å². The number of amides is 3. The van der Waals surface area contributed by atoms with Crippen LogP contribution < -0.4 is 10.1 Å². The van der Waals surface area contributed by atoms with E-state index in [1.165, 1.54) is 0 Å². The van der Waals surface area contributed by atoms with E-state index in [-0.39, 0.29) is 18.2 Å². The zero-order valence-corrected chi connectivity index (χ0v) is 20.8. The number of hydrogen-bond donors (Lipinski definition) is 1. The molecule has 0 radical (unpaired) electrons. The number of nitrogens with zero attached hydrogens (tertiary/aromatic N) is 4. The summed E-state index contributed by atoms with van der Waals surface area (Å²) in [7, 11) is 1.87. The van der Waals surface area contributed by atoms with Crippen molar-refractivity contribution < 1.29 is 19.1 Å². The summed E-state index contributed by atoms with van der Waals surface area (Å²) in [5, 5.41) is 6.84. The lowest BCUT2D eigenvalue weighted by atomic mass is 9.98. The number of aromatic nitrogens is 3. The molecule has 1 saturated heterocycles. The minimum absolute atomic E-state index is 0.195. The maximum Gasteiger partial charge on any atom is 0.255 e. The predicted molar refractivity (Wildman–Crippen MR) is 139 cm³/mol. The van der Waals surface area contributed by atoms with Gasteiger partial charge in [0.15, 0.2) is 0 Å². The van der Waals surface area contributed by atoms with Gasteiger partial charge in [-0.05, 0) is 41.3 Å². The predicted octanol–water partition coefficient (Wildman–Crippen LogP) is 3.49. The highest BCUT2D eigenvalue weighted by Crippen LogP contribution is 2.36. The van der Waals surface area contributed by atoms with E-state index in [0.29, 0.717) is 30.9 Å². The van der Waals surface area contributed by atoms with E-state index >= 15 is 0 Å². The second-order valence-electron chi connectivity index (χ2n) is 9.49. The fourth-order valence-corrected chi connectivity index (χ4v) is 5.10. The number of ether oxygens (including phenoxy) is 1. The quantitative estimate of drug-likeness (QED) is 0.401. The van der Waals surface area contributed by atoms with Crippen molar-refractivity contribution >= 4 is 17.7 Å². The number of benzene rings is 2. The molecule has 9 heteroatoms. The maximum atomic E-state index is 13.1. The van der Waals surface area contributed by atoms with E-state index < -0.39 is 11.9 Å². The van der Waals surface area contributed by atoms with Crippen molar-refractivity contribution in [2.75, 3.05) is 0 Å². The molecule has 190 valence electrons. The Hall–Kier alpha value is -4.79. The van der Waals surface area contributed by atoms with Gasteiger partial charge in [0.1, 0.15) is 18.4 Å². The number of hydrogen-bond acceptors (Lipinski definition) is 6. The van der Waals surface area contributed by atoms with Crippen LogP contribution in [0.25, 0.3) is 22.4 Å². The van der Waals surface area contributed by atoms with Crippen LogP contribution in [0.5, 0.6) is 5.75 Å². The second kappa shape index (κ2) is 9.59. The van der Waals surface area contributed by atoms with Crippen LogP contribution in [-0.4, -0.2) is 43.4 Å². The highest BCUT2D eigenvalue weighted by molar-refractivity contribution is 6.05. The van der Waals surface area contributed by atoms with Crippen LogP contribution in [0.2, 0.25) is 0 Å². The third kappa shape index (κ3) is 4.32. The van der Waals surface area contributed by atoms with Gasteiger partial charge in [0.05, 0.1) is 18.1 Å². The largest absolute Gasteiger partial charge is 0.487 e. The minimum Gasteiger partial charge on any atom is -0.487 e. The lowest BCUT2D eigenvalue weighted by molar-refractivity contribution is -0.136. The molecule has 4 heterocycles. The van der Waals surface area contributed by atoms with E-state index in [1.54, 1.807) is 34.2 Å². The van der Waals surface area contributed by atoms with Crippen LogP contribution in [0.15, 0.2) is 73.2 Å². The summed E-state index contributed by atoms with van der Waals surface area (Å²) in [6.45, 7) is 0.751. The van der Waals surface area contributed by atoms with Gasteiger partial charge in [-0.3, -0.25) is 29.4 Å². The third-order valence-corrected chi connectivity index (χ3v) is 7.01. The number of carbonyl (C=O) groups excluding carboxylic acids is 3. The number of pyridine rings is 1. The van der Waals surface area contributed by atoms with Gasteiger partial charge in [-0.1, -0.05) is 36.4 Å². The van der Waals surface area contributed by atoms with Gasteiger partial charge in [-0.25, -0.2) is 0 Å². The van der Waals surface area contributed by atoms with Gasteiger partial charge in [0.25, 0.3) is 5.91 Å². The van der Waals surface area contributed by atoms with Crippen molar-refractivity contribution in [2.45, 2.75) is 32.0 Å². The Morgan fingerprint density at radius 2 is 1.82 bits per heavy atom. The molecule has 9 nitrogen and oxygen atoms in total. The summed E-state index contributed by atoms with van der Waals surface area (Å²) in [6.07, 6.45) is 5.82. The average molecular weight is 508 g/mol. The fraction of sp³-hybridized carbons (Fsp3) is 0.207. The summed E-state index contributed by atoms with van der Waals surface area (Å²) < 4.78 is 7.78. The number of imide groups is 1. The molecule has 6 rings (SSSR count). The first-order chi connectivity index (χ1) is 18.5. The highest BCUT2D eigenvalue weighted by Gasteiger charge is 2.39. The smallest absolute Gasteiger partial charge is 0.255 e. The van der Waals surface area contributed by atoms with E-state index in [2.05, 4.69) is 15.4 Å². The van der Waals surface area contributed by atoms with Crippen molar-refractivity contribution in [3.05, 3.63) is 89.9 Å². The first-order valence-corrected chi connectivity index (χ1v) is 12.4. The normalized spacial score (nSPS) is 16.9. The van der Waals surface area contributed by atoms with Gasteiger partial charge < -0.3 is 9.64 Å². The molecule has 0 bridgehead atoms. The standard InChI is InChI=1S/C29H25N5O4/c1-33-27(20-12-22(14-30-13-20)38-17-18-5-3-2-4-6-18)24(15-31-33)19-7-8-23-21(11-19)16-34(29(23)37)25-9-10-26(35)32-28(25)36/h2-8,11-15,25H,9-10,16-17H2,1H3,(H,32,35,36)/t25-/m0/s1. The Bertz CT molecular complexity index is 1560. The summed E-state index contributed by atoms with van der Waals surface area (Å²) in [4.78, 5) is 43.0. The average Bonchev–Trinajstić information content (AvgIpc) is 3.47. The Kier molecular flexibility index (Phi) is 5.95. The van der Waals surface area contributed by atoms with Crippen molar-refractivity contribution in [1.29, 1.82) is 0 Å². The second-order valence-corrected chi connectivity index (χ2v) is 9.49. The SMILES string of the molecule is Cn1ncc(-c2ccc3c(c2)CN([C@H]2CCC(=O)NC2=O)C3=O)c1-c1cncc(OCc2ccccc2)c1. The molecule has 0 aliphatic carbocycles. The van der Waals surface area contributed by atoms with E-state index in [9.17, 15) is 14.4 Å². The molecular formula is C29H25N5O4. The third-order valence-electron chi connectivity index (χ3n) is 7.01. The van der Waals surface area contributed by atoms with Crippen molar-refractivity contribution in [1.82, 2.24) is 25.0 Å². The fourth-order valence-electron chi connectivity index (χ4n) is 5.10.